The van der Waals surface area contributed by atoms with E-state index in [2.05, 4.69) is 29.4 Å². The molecule has 0 aromatic heterocycles. The number of nitrogens with one attached hydrogen (secondary N) is 2. The average Bonchev–Trinajstić information content (AvgIpc) is 2.42. The molecule has 1 aliphatic rings. The summed E-state index contributed by atoms with van der Waals surface area (Å²) in [6, 6.07) is 0. The summed E-state index contributed by atoms with van der Waals surface area (Å²) in [5.74, 6) is 0.917. The molecule has 1 aliphatic heterocycles. The standard InChI is InChI=1S/C14H29N3O/c1-3-17(4-2)11-10-16-14(18)8-7-13-6-5-9-15-12-13/h13,15H,3-12H2,1-2H3,(H,16,18). The highest BCUT2D eigenvalue weighted by Gasteiger charge is 2.14. The first-order chi connectivity index (χ1) is 8.76. The van der Waals surface area contributed by atoms with Crippen LogP contribution in [0.2, 0.25) is 0 Å². The number of rotatable bonds is 8. The van der Waals surface area contributed by atoms with Crippen LogP contribution in [0.4, 0.5) is 0 Å². The zero-order valence-corrected chi connectivity index (χ0v) is 12.0. The van der Waals surface area contributed by atoms with Gasteiger partial charge in [0.15, 0.2) is 0 Å². The lowest BCUT2D eigenvalue weighted by Gasteiger charge is -2.22. The van der Waals surface area contributed by atoms with Crippen molar-refractivity contribution in [2.45, 2.75) is 39.5 Å². The van der Waals surface area contributed by atoms with Crippen LogP contribution < -0.4 is 10.6 Å². The van der Waals surface area contributed by atoms with Crippen molar-refractivity contribution < 1.29 is 4.79 Å². The predicted molar refractivity (Wildman–Crippen MR) is 75.6 cm³/mol. The van der Waals surface area contributed by atoms with Crippen LogP contribution in [0.3, 0.4) is 0 Å². The molecule has 1 saturated heterocycles. The molecule has 1 rings (SSSR count). The highest BCUT2D eigenvalue weighted by Crippen LogP contribution is 2.15. The molecule has 0 radical (unpaired) electrons. The molecule has 0 bridgehead atoms. The fourth-order valence-electron chi connectivity index (χ4n) is 2.49. The number of hydrogen-bond donors (Lipinski definition) is 2. The molecule has 0 aromatic carbocycles. The van der Waals surface area contributed by atoms with Crippen molar-refractivity contribution in [3.05, 3.63) is 0 Å². The molecule has 1 atom stereocenters. The van der Waals surface area contributed by atoms with Gasteiger partial charge in [0.1, 0.15) is 0 Å². The van der Waals surface area contributed by atoms with Crippen LogP contribution in [0.1, 0.15) is 39.5 Å². The van der Waals surface area contributed by atoms with Gasteiger partial charge in [-0.3, -0.25) is 4.79 Å². The first-order valence-corrected chi connectivity index (χ1v) is 7.46. The van der Waals surface area contributed by atoms with Gasteiger partial charge in [0.2, 0.25) is 5.91 Å². The third kappa shape index (κ3) is 6.36. The van der Waals surface area contributed by atoms with Crippen LogP contribution in [0.25, 0.3) is 0 Å². The summed E-state index contributed by atoms with van der Waals surface area (Å²) in [4.78, 5) is 14.0. The predicted octanol–water partition coefficient (Wildman–Crippen LogP) is 1.22. The van der Waals surface area contributed by atoms with Gasteiger partial charge < -0.3 is 15.5 Å². The maximum absolute atomic E-state index is 11.7. The van der Waals surface area contributed by atoms with Crippen LogP contribution in [0.5, 0.6) is 0 Å². The van der Waals surface area contributed by atoms with Gasteiger partial charge in [0.05, 0.1) is 0 Å². The van der Waals surface area contributed by atoms with E-state index in [1.165, 1.54) is 12.8 Å². The van der Waals surface area contributed by atoms with Crippen molar-refractivity contribution in [1.82, 2.24) is 15.5 Å². The van der Waals surface area contributed by atoms with Crippen LogP contribution in [0, 0.1) is 5.92 Å². The minimum atomic E-state index is 0.215. The van der Waals surface area contributed by atoms with Gasteiger partial charge >= 0.3 is 0 Å². The van der Waals surface area contributed by atoms with Crippen molar-refractivity contribution >= 4 is 5.91 Å². The molecule has 106 valence electrons. The molecule has 0 spiro atoms. The smallest absolute Gasteiger partial charge is 0.220 e. The van der Waals surface area contributed by atoms with E-state index in [-0.39, 0.29) is 5.91 Å². The Morgan fingerprint density at radius 3 is 2.78 bits per heavy atom. The van der Waals surface area contributed by atoms with Crippen LogP contribution in [0.15, 0.2) is 0 Å². The Hall–Kier alpha value is -0.610. The number of likely N-dealkylation sites (N-methyl/N-ethyl adjacent to an activating group) is 1. The Labute approximate surface area is 111 Å². The van der Waals surface area contributed by atoms with Crippen molar-refractivity contribution in [2.24, 2.45) is 5.92 Å². The number of hydrogen-bond acceptors (Lipinski definition) is 3. The fourth-order valence-corrected chi connectivity index (χ4v) is 2.49. The third-order valence-electron chi connectivity index (χ3n) is 3.82. The molecule has 4 heteroatoms. The largest absolute Gasteiger partial charge is 0.355 e. The zero-order valence-electron chi connectivity index (χ0n) is 12.0. The molecule has 1 unspecified atom stereocenters. The number of piperidine rings is 1. The van der Waals surface area contributed by atoms with Gasteiger partial charge in [0, 0.05) is 19.5 Å². The highest BCUT2D eigenvalue weighted by molar-refractivity contribution is 5.75. The summed E-state index contributed by atoms with van der Waals surface area (Å²) in [7, 11) is 0. The number of amides is 1. The molecular weight excluding hydrogens is 226 g/mol. The first kappa shape index (κ1) is 15.4. The second kappa shape index (κ2) is 9.34. The van der Waals surface area contributed by atoms with Gasteiger partial charge in [-0.15, -0.1) is 0 Å². The van der Waals surface area contributed by atoms with E-state index in [0.717, 1.165) is 45.7 Å². The van der Waals surface area contributed by atoms with E-state index < -0.39 is 0 Å². The number of carbonyl (C=O) groups is 1. The van der Waals surface area contributed by atoms with Gasteiger partial charge in [-0.1, -0.05) is 13.8 Å². The van der Waals surface area contributed by atoms with Gasteiger partial charge in [-0.2, -0.15) is 0 Å². The van der Waals surface area contributed by atoms with Gasteiger partial charge in [-0.05, 0) is 51.4 Å². The second-order valence-electron chi connectivity index (χ2n) is 5.13. The summed E-state index contributed by atoms with van der Waals surface area (Å²) in [5.41, 5.74) is 0. The van der Waals surface area contributed by atoms with E-state index in [0.29, 0.717) is 12.3 Å². The van der Waals surface area contributed by atoms with E-state index in [1.54, 1.807) is 0 Å². The van der Waals surface area contributed by atoms with E-state index >= 15 is 0 Å². The SMILES string of the molecule is CCN(CC)CCNC(=O)CCC1CCCNC1. The van der Waals surface area contributed by atoms with Gasteiger partial charge in [-0.25, -0.2) is 0 Å². The Kier molecular flexibility index (Phi) is 8.01. The summed E-state index contributed by atoms with van der Waals surface area (Å²) in [5, 5.41) is 6.41. The summed E-state index contributed by atoms with van der Waals surface area (Å²) in [6.07, 6.45) is 4.25. The second-order valence-corrected chi connectivity index (χ2v) is 5.13. The molecule has 1 amide bonds. The summed E-state index contributed by atoms with van der Waals surface area (Å²) >= 11 is 0. The Bertz CT molecular complexity index is 223. The average molecular weight is 255 g/mol. The topological polar surface area (TPSA) is 44.4 Å². The Morgan fingerprint density at radius 2 is 2.17 bits per heavy atom. The fraction of sp³-hybridized carbons (Fsp3) is 0.929. The molecule has 18 heavy (non-hydrogen) atoms. The van der Waals surface area contributed by atoms with Crippen LogP contribution >= 0.6 is 0 Å². The molecule has 0 saturated carbocycles. The van der Waals surface area contributed by atoms with Crippen molar-refractivity contribution in [3.63, 3.8) is 0 Å². The normalized spacial score (nSPS) is 20.1. The van der Waals surface area contributed by atoms with Crippen molar-refractivity contribution in [3.8, 4) is 0 Å². The summed E-state index contributed by atoms with van der Waals surface area (Å²) < 4.78 is 0. The summed E-state index contributed by atoms with van der Waals surface area (Å²) in [6.45, 7) is 10.4. The lowest BCUT2D eigenvalue weighted by Crippen LogP contribution is -2.35. The number of carbonyl (C=O) groups excluding carboxylic acids is 1. The van der Waals surface area contributed by atoms with Crippen LogP contribution in [-0.4, -0.2) is 50.1 Å². The minimum Gasteiger partial charge on any atom is -0.355 e. The molecule has 1 fully saturated rings. The highest BCUT2D eigenvalue weighted by atomic mass is 16.1. The van der Waals surface area contributed by atoms with E-state index in [9.17, 15) is 4.79 Å². The first-order valence-electron chi connectivity index (χ1n) is 7.46. The molecule has 2 N–H and O–H groups in total. The lowest BCUT2D eigenvalue weighted by molar-refractivity contribution is -0.121. The zero-order chi connectivity index (χ0) is 13.2. The quantitative estimate of drug-likeness (QED) is 0.685. The maximum Gasteiger partial charge on any atom is 0.220 e. The monoisotopic (exact) mass is 255 g/mol. The molecule has 0 aromatic rings. The number of nitrogens with zero attached hydrogens (tertiary/aromatic N) is 1. The Balaban J connectivity index is 2.02. The molecule has 0 aliphatic carbocycles. The molecule has 1 heterocycles. The van der Waals surface area contributed by atoms with Crippen molar-refractivity contribution in [1.29, 1.82) is 0 Å². The molecule has 4 nitrogen and oxygen atoms in total. The van der Waals surface area contributed by atoms with Gasteiger partial charge in [0.25, 0.3) is 0 Å². The minimum absolute atomic E-state index is 0.215. The van der Waals surface area contributed by atoms with Crippen LogP contribution in [-0.2, 0) is 4.79 Å². The van der Waals surface area contributed by atoms with Crippen molar-refractivity contribution in [2.75, 3.05) is 39.3 Å². The lowest BCUT2D eigenvalue weighted by atomic mass is 9.94. The third-order valence-corrected chi connectivity index (χ3v) is 3.82. The van der Waals surface area contributed by atoms with E-state index in [4.69, 9.17) is 0 Å². The van der Waals surface area contributed by atoms with E-state index in [1.807, 2.05) is 0 Å². The maximum atomic E-state index is 11.7. The Morgan fingerprint density at radius 1 is 1.39 bits per heavy atom. The molecular formula is C14H29N3O.